The molecule has 1 aromatic rings. The normalized spacial score (nSPS) is 11.8. The second-order valence-electron chi connectivity index (χ2n) is 6.64. The van der Waals surface area contributed by atoms with E-state index in [1.54, 1.807) is 6.92 Å². The molecular formula is C19H28N2O4S. The molecule has 0 atom stereocenters. The number of amides is 1. The van der Waals surface area contributed by atoms with Crippen molar-refractivity contribution in [1.82, 2.24) is 5.43 Å². The van der Waals surface area contributed by atoms with Crippen LogP contribution in [0.5, 0.6) is 0 Å². The highest BCUT2D eigenvalue weighted by Gasteiger charge is 2.13. The van der Waals surface area contributed by atoms with Crippen LogP contribution in [-0.2, 0) is 26.1 Å². The largest absolute Gasteiger partial charge is 0.466 e. The third kappa shape index (κ3) is 8.38. The number of rotatable bonds is 7. The van der Waals surface area contributed by atoms with Gasteiger partial charge in [0.2, 0.25) is 0 Å². The molecule has 0 fully saturated rings. The maximum absolute atomic E-state index is 11.5. The minimum atomic E-state index is -0.628. The molecule has 0 aliphatic carbocycles. The summed E-state index contributed by atoms with van der Waals surface area (Å²) in [6.07, 6.45) is 0.220. The Morgan fingerprint density at radius 1 is 1.19 bits per heavy atom. The van der Waals surface area contributed by atoms with Gasteiger partial charge in [-0.25, -0.2) is 10.2 Å². The molecule has 26 heavy (non-hydrogen) atoms. The van der Waals surface area contributed by atoms with E-state index in [0.29, 0.717) is 30.2 Å². The summed E-state index contributed by atoms with van der Waals surface area (Å²) >= 11 is 1.41. The Morgan fingerprint density at radius 2 is 1.85 bits per heavy atom. The van der Waals surface area contributed by atoms with Crippen molar-refractivity contribution in [3.63, 3.8) is 0 Å². The summed E-state index contributed by atoms with van der Waals surface area (Å²) in [5.41, 5.74) is 4.76. The van der Waals surface area contributed by atoms with Crippen molar-refractivity contribution >= 4 is 28.9 Å². The summed E-state index contributed by atoms with van der Waals surface area (Å²) < 4.78 is 9.46. The van der Waals surface area contributed by atoms with Crippen LogP contribution in [0.3, 0.4) is 0 Å². The fourth-order valence-corrected chi connectivity index (χ4v) is 2.94. The molecule has 1 N–H and O–H groups in total. The van der Waals surface area contributed by atoms with Crippen molar-refractivity contribution in [3.8, 4) is 0 Å². The molecule has 1 amide bonds. The molecule has 1 rings (SSSR count). The van der Waals surface area contributed by atoms with Gasteiger partial charge in [-0.05, 0) is 23.5 Å². The Labute approximate surface area is 159 Å². The van der Waals surface area contributed by atoms with E-state index in [1.807, 2.05) is 0 Å². The van der Waals surface area contributed by atoms with Gasteiger partial charge in [0.25, 0.3) is 0 Å². The number of hydrogen-bond acceptors (Lipinski definition) is 6. The second kappa shape index (κ2) is 10.9. The Hall–Kier alpha value is -2.02. The third-order valence-electron chi connectivity index (χ3n) is 3.51. The first-order valence-electron chi connectivity index (χ1n) is 8.54. The predicted octanol–water partition coefficient (Wildman–Crippen LogP) is 3.88. The molecule has 1 aromatic carbocycles. The molecular weight excluding hydrogens is 352 g/mol. The topological polar surface area (TPSA) is 77.0 Å². The zero-order valence-electron chi connectivity index (χ0n) is 16.1. The molecule has 144 valence electrons. The van der Waals surface area contributed by atoms with Crippen LogP contribution >= 0.6 is 11.8 Å². The molecule has 0 spiro atoms. The summed E-state index contributed by atoms with van der Waals surface area (Å²) in [4.78, 5) is 22.7. The van der Waals surface area contributed by atoms with Gasteiger partial charge in [0.1, 0.15) is 0 Å². The average molecular weight is 381 g/mol. The molecule has 0 aliphatic rings. The Morgan fingerprint density at radius 3 is 2.38 bits per heavy atom. The molecule has 7 heteroatoms. The molecule has 0 heterocycles. The average Bonchev–Trinajstić information content (AvgIpc) is 2.59. The maximum atomic E-state index is 11.5. The molecule has 0 saturated carbocycles. The van der Waals surface area contributed by atoms with Crippen LogP contribution in [0.1, 0.15) is 45.2 Å². The number of nitrogens with one attached hydrogen (secondary N) is 1. The van der Waals surface area contributed by atoms with Gasteiger partial charge in [0.05, 0.1) is 25.2 Å². The number of hydrogen-bond donors (Lipinski definition) is 1. The van der Waals surface area contributed by atoms with E-state index >= 15 is 0 Å². The smallest absolute Gasteiger partial charge is 0.427 e. The third-order valence-corrected chi connectivity index (χ3v) is 4.49. The van der Waals surface area contributed by atoms with Crippen LogP contribution in [0.4, 0.5) is 4.79 Å². The molecule has 0 radical (unpaired) electrons. The van der Waals surface area contributed by atoms with Crippen molar-refractivity contribution in [3.05, 3.63) is 35.4 Å². The van der Waals surface area contributed by atoms with Crippen molar-refractivity contribution in [2.45, 2.75) is 46.0 Å². The highest BCUT2D eigenvalue weighted by atomic mass is 32.2. The first-order valence-corrected chi connectivity index (χ1v) is 9.53. The van der Waals surface area contributed by atoms with Gasteiger partial charge >= 0.3 is 12.1 Å². The number of hydrazone groups is 1. The first-order chi connectivity index (χ1) is 12.3. The Bertz CT molecular complexity index is 621. The lowest BCUT2D eigenvalue weighted by molar-refractivity contribution is -0.142. The van der Waals surface area contributed by atoms with E-state index < -0.39 is 6.09 Å². The summed E-state index contributed by atoms with van der Waals surface area (Å²) in [5.74, 6) is 0.287. The Balaban J connectivity index is 2.74. The number of carbonyl (C=O) groups excluding carboxylic acids is 2. The molecule has 0 bridgehead atoms. The van der Waals surface area contributed by atoms with Crippen molar-refractivity contribution in [2.75, 3.05) is 19.5 Å². The van der Waals surface area contributed by atoms with Crippen LogP contribution in [-0.4, -0.2) is 36.6 Å². The highest BCUT2D eigenvalue weighted by Crippen LogP contribution is 2.23. The van der Waals surface area contributed by atoms with Gasteiger partial charge in [-0.3, -0.25) is 4.79 Å². The monoisotopic (exact) mass is 380 g/mol. The van der Waals surface area contributed by atoms with E-state index in [4.69, 9.17) is 4.74 Å². The van der Waals surface area contributed by atoms with Crippen LogP contribution < -0.4 is 5.43 Å². The number of methoxy groups -OCH3 is 1. The molecule has 0 saturated heterocycles. The quantitative estimate of drug-likeness (QED) is 0.336. The van der Waals surface area contributed by atoms with Gasteiger partial charge in [0.15, 0.2) is 0 Å². The van der Waals surface area contributed by atoms with Crippen LogP contribution in [0, 0.1) is 0 Å². The van der Waals surface area contributed by atoms with Crippen molar-refractivity contribution < 1.29 is 19.1 Å². The minimum absolute atomic E-state index is 0.0935. The lowest BCUT2D eigenvalue weighted by Gasteiger charge is -2.19. The summed E-state index contributed by atoms with van der Waals surface area (Å²) in [7, 11) is 1.28. The van der Waals surface area contributed by atoms with Crippen LogP contribution in [0.15, 0.2) is 29.4 Å². The fraction of sp³-hybridized carbons (Fsp3) is 0.526. The maximum Gasteiger partial charge on any atom is 0.427 e. The minimum Gasteiger partial charge on any atom is -0.466 e. The number of nitrogens with zero attached hydrogens (tertiary/aromatic N) is 1. The molecule has 0 unspecified atom stereocenters. The van der Waals surface area contributed by atoms with Crippen molar-refractivity contribution in [2.24, 2.45) is 5.10 Å². The van der Waals surface area contributed by atoms with Gasteiger partial charge in [-0.15, -0.1) is 11.8 Å². The Kier molecular flexibility index (Phi) is 9.19. The lowest BCUT2D eigenvalue weighted by Crippen LogP contribution is -2.19. The zero-order valence-corrected chi connectivity index (χ0v) is 16.9. The molecule has 0 aliphatic heterocycles. The standard InChI is InChI=1S/C19H28N2O4S/c1-6-25-17(22)11-12-26-16(20-21-18(23)24-5)13-14-7-9-15(10-8-14)19(2,3)4/h7-10H,6,11-13H2,1-5H3,(H,21,23)/b20-16-. The number of thioether (sulfide) groups is 1. The van der Waals surface area contributed by atoms with Crippen LogP contribution in [0.2, 0.25) is 0 Å². The number of carbonyl (C=O) groups is 2. The van der Waals surface area contributed by atoms with Crippen molar-refractivity contribution in [1.29, 1.82) is 0 Å². The van der Waals surface area contributed by atoms with Gasteiger partial charge in [-0.1, -0.05) is 45.0 Å². The van der Waals surface area contributed by atoms with E-state index in [-0.39, 0.29) is 11.4 Å². The van der Waals surface area contributed by atoms with E-state index in [0.717, 1.165) is 5.56 Å². The number of benzene rings is 1. The molecule has 0 aromatic heterocycles. The summed E-state index contributed by atoms with van der Waals surface area (Å²) in [5, 5.41) is 4.80. The van der Waals surface area contributed by atoms with E-state index in [2.05, 4.69) is 60.3 Å². The predicted molar refractivity (Wildman–Crippen MR) is 106 cm³/mol. The van der Waals surface area contributed by atoms with Gasteiger partial charge in [0, 0.05) is 12.2 Å². The zero-order chi connectivity index (χ0) is 19.6. The van der Waals surface area contributed by atoms with Crippen LogP contribution in [0.25, 0.3) is 0 Å². The van der Waals surface area contributed by atoms with E-state index in [1.165, 1.54) is 24.4 Å². The highest BCUT2D eigenvalue weighted by molar-refractivity contribution is 8.13. The lowest BCUT2D eigenvalue weighted by atomic mass is 9.86. The van der Waals surface area contributed by atoms with Gasteiger partial charge < -0.3 is 9.47 Å². The fourth-order valence-electron chi connectivity index (χ4n) is 2.06. The number of esters is 1. The summed E-state index contributed by atoms with van der Waals surface area (Å²) in [6.45, 7) is 8.65. The van der Waals surface area contributed by atoms with Gasteiger partial charge in [-0.2, -0.15) is 5.10 Å². The molecule has 6 nitrogen and oxygen atoms in total. The summed E-state index contributed by atoms with van der Waals surface area (Å²) in [6, 6.07) is 8.31. The second-order valence-corrected chi connectivity index (χ2v) is 7.80. The van der Waals surface area contributed by atoms with E-state index in [9.17, 15) is 9.59 Å². The number of ether oxygens (including phenoxy) is 2. The SMILES string of the molecule is CCOC(=O)CCS/C(Cc1ccc(C(C)(C)C)cc1)=N\NC(=O)OC. The first kappa shape index (κ1) is 22.0.